The van der Waals surface area contributed by atoms with E-state index >= 15 is 0 Å². The van der Waals surface area contributed by atoms with E-state index in [0.29, 0.717) is 0 Å². The number of Topliss-reactive ketones (excluding diaryl/α,β-unsaturated/α-hetero) is 1. The molecular weight excluding hydrogens is 188 g/mol. The van der Waals surface area contributed by atoms with Gasteiger partial charge < -0.3 is 9.47 Å². The van der Waals surface area contributed by atoms with E-state index in [4.69, 9.17) is 9.47 Å². The third-order valence-electron chi connectivity index (χ3n) is 1.91. The molecular formula is C9H12O5. The van der Waals surface area contributed by atoms with E-state index in [9.17, 15) is 14.4 Å². The summed E-state index contributed by atoms with van der Waals surface area (Å²) in [5.41, 5.74) is 0. The van der Waals surface area contributed by atoms with Crippen molar-refractivity contribution in [1.29, 1.82) is 0 Å². The normalized spacial score (nSPS) is 26.0. The topological polar surface area (TPSA) is 69.7 Å². The first kappa shape index (κ1) is 10.7. The molecule has 1 rings (SSSR count). The van der Waals surface area contributed by atoms with E-state index in [0.717, 1.165) is 0 Å². The van der Waals surface area contributed by atoms with Gasteiger partial charge in [-0.1, -0.05) is 0 Å². The van der Waals surface area contributed by atoms with Crippen molar-refractivity contribution in [3.05, 3.63) is 0 Å². The molecule has 14 heavy (non-hydrogen) atoms. The third kappa shape index (κ3) is 2.83. The zero-order valence-electron chi connectivity index (χ0n) is 8.11. The zero-order valence-corrected chi connectivity index (χ0v) is 8.11. The summed E-state index contributed by atoms with van der Waals surface area (Å²) in [7, 11) is 0. The highest BCUT2D eigenvalue weighted by atomic mass is 16.6. The number of ether oxygens (including phenoxy) is 2. The van der Waals surface area contributed by atoms with E-state index in [1.165, 1.54) is 13.8 Å². The standard InChI is InChI=1S/C9H12O5/c1-5(10)13-8-3-7(12)4-9(8)14-6(2)11/h8-9H,3-4H2,1-2H3. The molecule has 0 aromatic rings. The van der Waals surface area contributed by atoms with Gasteiger partial charge in [0.2, 0.25) is 0 Å². The van der Waals surface area contributed by atoms with Gasteiger partial charge in [0, 0.05) is 26.7 Å². The summed E-state index contributed by atoms with van der Waals surface area (Å²) in [6.07, 6.45) is -0.942. The molecule has 2 unspecified atom stereocenters. The number of carbonyl (C=O) groups is 3. The molecule has 1 aliphatic carbocycles. The van der Waals surface area contributed by atoms with Gasteiger partial charge in [0.05, 0.1) is 0 Å². The largest absolute Gasteiger partial charge is 0.458 e. The van der Waals surface area contributed by atoms with E-state index < -0.39 is 24.1 Å². The summed E-state index contributed by atoms with van der Waals surface area (Å²) in [4.78, 5) is 32.4. The molecule has 0 amide bonds. The molecule has 1 aliphatic rings. The molecule has 2 atom stereocenters. The minimum Gasteiger partial charge on any atom is -0.458 e. The molecule has 0 aromatic heterocycles. The van der Waals surface area contributed by atoms with Crippen molar-refractivity contribution in [2.45, 2.75) is 38.9 Å². The smallest absolute Gasteiger partial charge is 0.303 e. The fourth-order valence-electron chi connectivity index (χ4n) is 1.46. The number of hydrogen-bond donors (Lipinski definition) is 0. The predicted octanol–water partition coefficient (Wildman–Crippen LogP) is 0.213. The monoisotopic (exact) mass is 200 g/mol. The van der Waals surface area contributed by atoms with Gasteiger partial charge in [-0.2, -0.15) is 0 Å². The Morgan fingerprint density at radius 2 is 1.43 bits per heavy atom. The van der Waals surface area contributed by atoms with Crippen LogP contribution in [-0.2, 0) is 23.9 Å². The van der Waals surface area contributed by atoms with Crippen LogP contribution in [0.3, 0.4) is 0 Å². The number of hydrogen-bond acceptors (Lipinski definition) is 5. The van der Waals surface area contributed by atoms with Crippen molar-refractivity contribution < 1.29 is 23.9 Å². The summed E-state index contributed by atoms with van der Waals surface area (Å²) in [6.45, 7) is 2.52. The lowest BCUT2D eigenvalue weighted by atomic mass is 10.2. The fourth-order valence-corrected chi connectivity index (χ4v) is 1.46. The second-order valence-corrected chi connectivity index (χ2v) is 3.24. The molecule has 0 bridgehead atoms. The first-order chi connectivity index (χ1) is 6.49. The summed E-state index contributed by atoms with van der Waals surface area (Å²) >= 11 is 0. The van der Waals surface area contributed by atoms with Crippen LogP contribution >= 0.6 is 0 Å². The first-order valence-corrected chi connectivity index (χ1v) is 4.35. The van der Waals surface area contributed by atoms with Crippen LogP contribution in [0.2, 0.25) is 0 Å². The highest BCUT2D eigenvalue weighted by Crippen LogP contribution is 2.22. The molecule has 1 saturated carbocycles. The van der Waals surface area contributed by atoms with Crippen molar-refractivity contribution in [2.75, 3.05) is 0 Å². The number of esters is 2. The molecule has 0 N–H and O–H groups in total. The first-order valence-electron chi connectivity index (χ1n) is 4.35. The minimum absolute atomic E-state index is 0.0532. The average Bonchev–Trinajstić information content (AvgIpc) is 2.28. The average molecular weight is 200 g/mol. The van der Waals surface area contributed by atoms with Gasteiger partial charge in [-0.05, 0) is 0 Å². The molecule has 0 radical (unpaired) electrons. The Kier molecular flexibility index (Phi) is 3.22. The van der Waals surface area contributed by atoms with Gasteiger partial charge >= 0.3 is 11.9 Å². The Hall–Kier alpha value is -1.39. The van der Waals surface area contributed by atoms with E-state index in [1.807, 2.05) is 0 Å². The second-order valence-electron chi connectivity index (χ2n) is 3.24. The maximum atomic E-state index is 11.0. The second kappa shape index (κ2) is 4.21. The Labute approximate surface area is 81.4 Å². The molecule has 78 valence electrons. The third-order valence-corrected chi connectivity index (χ3v) is 1.91. The maximum Gasteiger partial charge on any atom is 0.303 e. The molecule has 0 heterocycles. The zero-order chi connectivity index (χ0) is 10.7. The molecule has 5 nitrogen and oxygen atoms in total. The van der Waals surface area contributed by atoms with Crippen LogP contribution in [0.5, 0.6) is 0 Å². The number of carbonyl (C=O) groups excluding carboxylic acids is 3. The summed E-state index contributed by atoms with van der Waals surface area (Å²) in [6, 6.07) is 0. The van der Waals surface area contributed by atoms with Crippen molar-refractivity contribution in [3.63, 3.8) is 0 Å². The number of rotatable bonds is 2. The van der Waals surface area contributed by atoms with E-state index in [-0.39, 0.29) is 18.6 Å². The van der Waals surface area contributed by atoms with E-state index in [1.54, 1.807) is 0 Å². The van der Waals surface area contributed by atoms with Crippen LogP contribution in [0.25, 0.3) is 0 Å². The van der Waals surface area contributed by atoms with Crippen molar-refractivity contribution in [1.82, 2.24) is 0 Å². The van der Waals surface area contributed by atoms with Crippen molar-refractivity contribution in [3.8, 4) is 0 Å². The Balaban J connectivity index is 2.57. The number of ketones is 1. The van der Waals surface area contributed by atoms with Crippen LogP contribution in [0.1, 0.15) is 26.7 Å². The van der Waals surface area contributed by atoms with Gasteiger partial charge in [-0.3, -0.25) is 14.4 Å². The van der Waals surface area contributed by atoms with Crippen LogP contribution < -0.4 is 0 Å². The van der Waals surface area contributed by atoms with Gasteiger partial charge in [-0.25, -0.2) is 0 Å². The lowest BCUT2D eigenvalue weighted by molar-refractivity contribution is -0.162. The molecule has 0 aromatic carbocycles. The Bertz CT molecular complexity index is 244. The van der Waals surface area contributed by atoms with Crippen molar-refractivity contribution in [2.24, 2.45) is 0 Å². The maximum absolute atomic E-state index is 11.0. The van der Waals surface area contributed by atoms with E-state index in [2.05, 4.69) is 0 Å². The van der Waals surface area contributed by atoms with Gasteiger partial charge in [0.15, 0.2) is 0 Å². The Morgan fingerprint density at radius 1 is 1.07 bits per heavy atom. The lowest BCUT2D eigenvalue weighted by Gasteiger charge is -2.17. The van der Waals surface area contributed by atoms with Gasteiger partial charge in [0.1, 0.15) is 18.0 Å². The highest BCUT2D eigenvalue weighted by molar-refractivity contribution is 5.83. The highest BCUT2D eigenvalue weighted by Gasteiger charge is 2.37. The van der Waals surface area contributed by atoms with Crippen LogP contribution in [0.4, 0.5) is 0 Å². The molecule has 1 fully saturated rings. The summed E-state index contributed by atoms with van der Waals surface area (Å²) in [5.74, 6) is -0.994. The predicted molar refractivity (Wildman–Crippen MR) is 45.3 cm³/mol. The van der Waals surface area contributed by atoms with Crippen LogP contribution in [0, 0.1) is 0 Å². The SMILES string of the molecule is CC(=O)OC1CC(=O)CC1OC(C)=O. The quantitative estimate of drug-likeness (QED) is 0.596. The minimum atomic E-state index is -0.608. The molecule has 0 spiro atoms. The lowest BCUT2D eigenvalue weighted by Crippen LogP contribution is -2.29. The fraction of sp³-hybridized carbons (Fsp3) is 0.667. The van der Waals surface area contributed by atoms with Crippen molar-refractivity contribution >= 4 is 17.7 Å². The summed E-state index contributed by atoms with van der Waals surface area (Å²) < 4.78 is 9.72. The van der Waals surface area contributed by atoms with Gasteiger partial charge in [0.25, 0.3) is 0 Å². The molecule has 0 aliphatic heterocycles. The van der Waals surface area contributed by atoms with Crippen LogP contribution in [0.15, 0.2) is 0 Å². The molecule has 5 heteroatoms. The van der Waals surface area contributed by atoms with Gasteiger partial charge in [-0.15, -0.1) is 0 Å². The Morgan fingerprint density at radius 3 is 1.71 bits per heavy atom. The molecule has 0 saturated heterocycles. The summed E-state index contributed by atoms with van der Waals surface area (Å²) in [5, 5.41) is 0. The van der Waals surface area contributed by atoms with Crippen LogP contribution in [-0.4, -0.2) is 29.9 Å².